The first-order chi connectivity index (χ1) is 38.9. The van der Waals surface area contributed by atoms with Crippen molar-refractivity contribution in [2.45, 2.75) is 147 Å². The number of sulfonamides is 3. The lowest BCUT2D eigenvalue weighted by Gasteiger charge is -2.27. The van der Waals surface area contributed by atoms with Crippen molar-refractivity contribution in [3.05, 3.63) is 99.0 Å². The van der Waals surface area contributed by atoms with Crippen LogP contribution in [0, 0.1) is 26.7 Å². The predicted molar refractivity (Wildman–Crippen MR) is 323 cm³/mol. The lowest BCUT2D eigenvalue weighted by Crippen LogP contribution is -2.40. The molecular weight excluding hydrogens is 1160 g/mol. The van der Waals surface area contributed by atoms with Crippen LogP contribution in [0.5, 0.6) is 17.2 Å². The van der Waals surface area contributed by atoms with Crippen molar-refractivity contribution in [3.8, 4) is 17.2 Å². The summed E-state index contributed by atoms with van der Waals surface area (Å²) in [6.45, 7) is 13.5. The van der Waals surface area contributed by atoms with E-state index in [4.69, 9.17) is 32.7 Å². The smallest absolute Gasteiger partial charge is 0.412 e. The summed E-state index contributed by atoms with van der Waals surface area (Å²) < 4.78 is 98.9. The average molecular weight is 1230 g/mol. The minimum Gasteiger partial charge on any atom is -0.505 e. The maximum atomic E-state index is 14.4. The highest BCUT2D eigenvalue weighted by Crippen LogP contribution is 2.41. The van der Waals surface area contributed by atoms with Crippen LogP contribution in [0.2, 0.25) is 10.0 Å². The number of fused-ring (bicyclic) bond motifs is 1. The van der Waals surface area contributed by atoms with Gasteiger partial charge in [-0.15, -0.1) is 0 Å². The number of nitrogens with one attached hydrogen (secondary N) is 5. The maximum absolute atomic E-state index is 14.4. The number of phenolic OH excluding ortho intramolecular Hbond substituents is 2. The fraction of sp³-hybridized carbons (Fsp3) is 0.466. The first-order valence-corrected chi connectivity index (χ1v) is 32.8. The number of anilines is 3. The number of amides is 3. The van der Waals surface area contributed by atoms with Crippen LogP contribution < -0.4 is 30.1 Å². The van der Waals surface area contributed by atoms with E-state index in [2.05, 4.69) is 39.2 Å². The quantitative estimate of drug-likeness (QED) is 0.0147. The summed E-state index contributed by atoms with van der Waals surface area (Å²) in [6.07, 6.45) is 13.5. The van der Waals surface area contributed by atoms with Gasteiger partial charge in [-0.1, -0.05) is 145 Å². The molecule has 1 aliphatic heterocycles. The number of benzene rings is 5. The van der Waals surface area contributed by atoms with Crippen LogP contribution in [0.4, 0.5) is 21.9 Å². The molecule has 5 aromatic rings. The van der Waals surface area contributed by atoms with Crippen LogP contribution in [0.25, 0.3) is 10.8 Å². The Morgan fingerprint density at radius 2 is 1.33 bits per heavy atom. The number of aryl methyl sites for hydroxylation is 2. The third-order valence-electron chi connectivity index (χ3n) is 13.7. The van der Waals surface area contributed by atoms with Gasteiger partial charge in [0.05, 0.1) is 45.9 Å². The second-order valence-corrected chi connectivity index (χ2v) is 26.3. The minimum absolute atomic E-state index is 0.0280. The molecule has 450 valence electrons. The lowest BCUT2D eigenvalue weighted by atomic mass is 9.94. The molecule has 1 atom stereocenters. The third kappa shape index (κ3) is 18.3. The van der Waals surface area contributed by atoms with Crippen molar-refractivity contribution in [1.29, 1.82) is 0 Å². The number of halogens is 2. The molecule has 1 unspecified atom stereocenters. The lowest BCUT2D eigenvalue weighted by molar-refractivity contribution is -0.114. The fourth-order valence-electron chi connectivity index (χ4n) is 9.45. The Morgan fingerprint density at radius 1 is 0.707 bits per heavy atom. The van der Waals surface area contributed by atoms with Gasteiger partial charge in [-0.3, -0.25) is 19.0 Å². The molecule has 1 fully saturated rings. The number of morpholine rings is 1. The monoisotopic (exact) mass is 1230 g/mol. The van der Waals surface area contributed by atoms with Gasteiger partial charge in [0.1, 0.15) is 14.7 Å². The van der Waals surface area contributed by atoms with E-state index >= 15 is 0 Å². The number of hydrogen-bond acceptors (Lipinski definition) is 13. The summed E-state index contributed by atoms with van der Waals surface area (Å²) in [5.74, 6) is -2.04. The number of carbonyl (C=O) groups is 3. The van der Waals surface area contributed by atoms with E-state index in [1.54, 1.807) is 50.2 Å². The number of carbonyl (C=O) groups excluding carboxylic acids is 3. The van der Waals surface area contributed by atoms with Gasteiger partial charge in [0.25, 0.3) is 26.0 Å². The van der Waals surface area contributed by atoms with Gasteiger partial charge in [-0.2, -0.15) is 4.31 Å². The van der Waals surface area contributed by atoms with Gasteiger partial charge >= 0.3 is 6.09 Å². The van der Waals surface area contributed by atoms with Gasteiger partial charge in [-0.05, 0) is 98.4 Å². The number of rotatable bonds is 27. The molecule has 5 aromatic carbocycles. The number of aromatic hydroxyl groups is 2. The van der Waals surface area contributed by atoms with Crippen molar-refractivity contribution in [3.63, 3.8) is 0 Å². The molecule has 1 saturated heterocycles. The van der Waals surface area contributed by atoms with E-state index < -0.39 is 58.6 Å². The Hall–Kier alpha value is -5.88. The Balaban J connectivity index is 0.000000358. The first-order valence-electron chi connectivity index (χ1n) is 27.7. The number of ether oxygens (including phenoxy) is 2. The van der Waals surface area contributed by atoms with Crippen molar-refractivity contribution in [1.82, 2.24) is 14.9 Å². The maximum Gasteiger partial charge on any atom is 0.412 e. The average Bonchev–Trinajstić information content (AvgIpc) is 2.14. The van der Waals surface area contributed by atoms with E-state index in [0.717, 1.165) is 73.4 Å². The Kier molecular flexibility index (Phi) is 25.4. The highest BCUT2D eigenvalue weighted by molar-refractivity contribution is 7.93. The Labute approximate surface area is 493 Å². The molecule has 0 radical (unpaired) electrons. The van der Waals surface area contributed by atoms with Crippen molar-refractivity contribution in [2.75, 3.05) is 54.2 Å². The molecule has 0 aliphatic carbocycles. The molecule has 1 heterocycles. The summed E-state index contributed by atoms with van der Waals surface area (Å²) in [4.78, 5) is 36.9. The molecule has 3 amide bonds. The van der Waals surface area contributed by atoms with Crippen LogP contribution >= 0.6 is 23.2 Å². The van der Waals surface area contributed by atoms with Gasteiger partial charge < -0.3 is 35.6 Å². The molecule has 1 aliphatic rings. The van der Waals surface area contributed by atoms with E-state index in [1.807, 2.05) is 6.92 Å². The van der Waals surface area contributed by atoms with Gasteiger partial charge in [0, 0.05) is 38.5 Å². The van der Waals surface area contributed by atoms with Crippen molar-refractivity contribution < 1.29 is 59.3 Å². The van der Waals surface area contributed by atoms with Crippen molar-refractivity contribution >= 4 is 99.0 Å². The van der Waals surface area contributed by atoms with Crippen LogP contribution in [-0.2, 0) is 39.6 Å². The Morgan fingerprint density at radius 3 is 1.98 bits per heavy atom. The third-order valence-corrected chi connectivity index (χ3v) is 19.4. The number of nitrogens with zero attached hydrogens (tertiary/aromatic N) is 1. The summed E-state index contributed by atoms with van der Waals surface area (Å²) in [5.41, 5.74) is 0.933. The number of phenols is 2. The van der Waals surface area contributed by atoms with E-state index in [0.29, 0.717) is 41.4 Å². The highest BCUT2D eigenvalue weighted by Gasteiger charge is 2.33. The topological polar surface area (TPSA) is 276 Å². The predicted octanol–water partition coefficient (Wildman–Crippen LogP) is 12.3. The minimum atomic E-state index is -4.58. The standard InChI is InChI=1S/C39H56N4O8S2.C19H22Cl2N2O5S/c1-4-6-8-10-11-13-17-30(16-12-9-7-5-2)28-40-39(46)34-21-20-31-18-14-15-19-33(31)38(34)52(47,48)42-32-26-35(41-29(3)44)37(45)36(27-32)53(49,50)43-22-24-51-25-23-43;1-5-6-22-19(25)28-15-8-10(2)7-11(3)18(15)29(26,27)23-14-9-13(20)17(24)16(21)12(14)4/h14-15,18-21,26-27,30,42,45H,4-13,16-17,22-25,28H2,1-3H3,(H,40,46)(H,41,44);7-9,23-24H,5-6H2,1-4H3,(H,22,25). The highest BCUT2D eigenvalue weighted by atomic mass is 35.5. The van der Waals surface area contributed by atoms with Crippen LogP contribution in [0.3, 0.4) is 0 Å². The van der Waals surface area contributed by atoms with E-state index in [1.165, 1.54) is 57.7 Å². The Bertz CT molecular complexity index is 3400. The molecule has 6 rings (SSSR count). The molecule has 0 aromatic heterocycles. The van der Waals surface area contributed by atoms with Crippen LogP contribution in [-0.4, -0.2) is 97.1 Å². The number of unbranched alkanes of at least 4 members (excludes halogenated alkanes) is 8. The normalized spacial score (nSPS) is 13.4. The van der Waals surface area contributed by atoms with Gasteiger partial charge in [-0.25, -0.2) is 30.0 Å². The summed E-state index contributed by atoms with van der Waals surface area (Å²) in [5, 5.41) is 29.5. The molecule has 7 N–H and O–H groups in total. The molecule has 0 saturated carbocycles. The molecule has 24 heteroatoms. The molecule has 82 heavy (non-hydrogen) atoms. The number of hydrogen-bond donors (Lipinski definition) is 7. The van der Waals surface area contributed by atoms with E-state index in [9.17, 15) is 49.9 Å². The summed E-state index contributed by atoms with van der Waals surface area (Å²) in [6, 6.07) is 16.5. The second kappa shape index (κ2) is 31.1. The zero-order chi connectivity index (χ0) is 60.4. The molecule has 19 nitrogen and oxygen atoms in total. The van der Waals surface area contributed by atoms with E-state index in [-0.39, 0.29) is 86.2 Å². The van der Waals surface area contributed by atoms with Crippen LogP contribution in [0.15, 0.2) is 81.4 Å². The molecule has 0 bridgehead atoms. The second-order valence-electron chi connectivity index (χ2n) is 20.3. The van der Waals surface area contributed by atoms with Gasteiger partial charge in [0.15, 0.2) is 17.2 Å². The van der Waals surface area contributed by atoms with Crippen molar-refractivity contribution in [2.24, 2.45) is 5.92 Å². The fourth-order valence-corrected chi connectivity index (χ4v) is 14.4. The molecular formula is C58H78Cl2N6O13S3. The summed E-state index contributed by atoms with van der Waals surface area (Å²) in [7, 11) is -13.1. The zero-order valence-corrected chi connectivity index (χ0v) is 51.6. The first kappa shape index (κ1) is 66.9. The van der Waals surface area contributed by atoms with Gasteiger partial charge in [0.2, 0.25) is 15.9 Å². The molecule has 0 spiro atoms. The SMILES string of the molecule is CCCCCCCCC(CCCCCC)CNC(=O)c1ccc2ccccc2c1S(=O)(=O)Nc1cc(NC(C)=O)c(O)c(S(=O)(=O)N2CCOCC2)c1.CCCNC(=O)Oc1cc(C)cc(C)c1S(=O)(=O)Nc1cc(Cl)c(O)c(Cl)c1C. The largest absolute Gasteiger partial charge is 0.505 e. The summed E-state index contributed by atoms with van der Waals surface area (Å²) >= 11 is 11.9. The van der Waals surface area contributed by atoms with Crippen LogP contribution in [0.1, 0.15) is 138 Å². The zero-order valence-electron chi connectivity index (χ0n) is 47.7.